The molecule has 1 amide bonds. The molecule has 3 nitrogen and oxygen atoms in total. The number of hydrogen-bond donors (Lipinski definition) is 2. The van der Waals surface area contributed by atoms with Gasteiger partial charge in [0.1, 0.15) is 0 Å². The Labute approximate surface area is 130 Å². The van der Waals surface area contributed by atoms with E-state index in [0.29, 0.717) is 10.7 Å². The lowest BCUT2D eigenvalue weighted by atomic mass is 9.94. The lowest BCUT2D eigenvalue weighted by Crippen LogP contribution is -2.30. The molecule has 110 valence electrons. The van der Waals surface area contributed by atoms with Crippen molar-refractivity contribution in [2.24, 2.45) is 11.7 Å². The summed E-state index contributed by atoms with van der Waals surface area (Å²) in [6, 6.07) is 14.8. The zero-order valence-corrected chi connectivity index (χ0v) is 12.9. The second kappa shape index (κ2) is 6.74. The summed E-state index contributed by atoms with van der Waals surface area (Å²) in [5.41, 5.74) is 8.76. The third-order valence-electron chi connectivity index (χ3n) is 3.52. The van der Waals surface area contributed by atoms with E-state index in [0.717, 1.165) is 11.1 Å². The van der Waals surface area contributed by atoms with Crippen molar-refractivity contribution in [3.05, 3.63) is 64.7 Å². The van der Waals surface area contributed by atoms with Crippen LogP contribution in [0.25, 0.3) is 0 Å². The predicted octanol–water partition coefficient (Wildman–Crippen LogP) is 3.92. The molecular formula is C17H19ClN2O. The summed E-state index contributed by atoms with van der Waals surface area (Å²) in [4.78, 5) is 12.3. The minimum atomic E-state index is -0.357. The molecule has 3 N–H and O–H groups in total. The highest BCUT2D eigenvalue weighted by Crippen LogP contribution is 2.25. The summed E-state index contributed by atoms with van der Waals surface area (Å²) < 4.78 is 0. The van der Waals surface area contributed by atoms with Crippen LogP contribution in [-0.4, -0.2) is 5.91 Å². The molecule has 0 aliphatic rings. The van der Waals surface area contributed by atoms with E-state index in [2.05, 4.69) is 5.32 Å². The summed E-state index contributed by atoms with van der Waals surface area (Å²) in [5, 5.41) is 3.37. The predicted molar refractivity (Wildman–Crippen MR) is 87.4 cm³/mol. The van der Waals surface area contributed by atoms with Gasteiger partial charge in [-0.3, -0.25) is 4.79 Å². The average Bonchev–Trinajstić information content (AvgIpc) is 2.49. The van der Waals surface area contributed by atoms with Crippen molar-refractivity contribution < 1.29 is 4.79 Å². The molecule has 0 fully saturated rings. The number of hydrogen-bond acceptors (Lipinski definition) is 2. The largest absolute Gasteiger partial charge is 0.324 e. The molecule has 0 aromatic heterocycles. The van der Waals surface area contributed by atoms with Gasteiger partial charge in [-0.1, -0.05) is 54.9 Å². The van der Waals surface area contributed by atoms with E-state index in [1.807, 2.05) is 56.3 Å². The van der Waals surface area contributed by atoms with Crippen LogP contribution in [0.4, 0.5) is 5.69 Å². The highest BCUT2D eigenvalue weighted by atomic mass is 35.5. The Morgan fingerprint density at radius 2 is 1.86 bits per heavy atom. The zero-order chi connectivity index (χ0) is 15.4. The molecule has 0 aliphatic heterocycles. The fraction of sp³-hybridized carbons (Fsp3) is 0.235. The first kappa shape index (κ1) is 15.5. The quantitative estimate of drug-likeness (QED) is 0.899. The molecule has 4 heteroatoms. The maximum Gasteiger partial charge on any atom is 0.229 e. The average molecular weight is 303 g/mol. The van der Waals surface area contributed by atoms with Gasteiger partial charge in [-0.2, -0.15) is 0 Å². The van der Waals surface area contributed by atoms with Crippen molar-refractivity contribution in [1.29, 1.82) is 0 Å². The molecule has 0 spiro atoms. The number of nitrogens with two attached hydrogens (primary N) is 1. The van der Waals surface area contributed by atoms with Gasteiger partial charge in [0.25, 0.3) is 0 Å². The molecule has 0 saturated carbocycles. The van der Waals surface area contributed by atoms with Gasteiger partial charge in [0.05, 0.1) is 16.6 Å². The van der Waals surface area contributed by atoms with Crippen LogP contribution < -0.4 is 11.1 Å². The molecule has 2 aromatic rings. The van der Waals surface area contributed by atoms with Crippen molar-refractivity contribution in [2.75, 3.05) is 5.32 Å². The fourth-order valence-electron chi connectivity index (χ4n) is 2.10. The first-order chi connectivity index (χ1) is 9.99. The summed E-state index contributed by atoms with van der Waals surface area (Å²) in [5.74, 6) is -0.498. The maximum absolute atomic E-state index is 12.3. The molecule has 2 aromatic carbocycles. The minimum Gasteiger partial charge on any atom is -0.324 e. The van der Waals surface area contributed by atoms with E-state index in [4.69, 9.17) is 17.3 Å². The van der Waals surface area contributed by atoms with E-state index in [1.165, 1.54) is 0 Å². The minimum absolute atomic E-state index is 0.142. The summed E-state index contributed by atoms with van der Waals surface area (Å²) >= 11 is 6.13. The highest BCUT2D eigenvalue weighted by molar-refractivity contribution is 6.33. The fourth-order valence-corrected chi connectivity index (χ4v) is 2.38. The van der Waals surface area contributed by atoms with Crippen LogP contribution in [0.3, 0.4) is 0 Å². The van der Waals surface area contributed by atoms with Crippen LogP contribution in [0, 0.1) is 12.8 Å². The van der Waals surface area contributed by atoms with Crippen molar-refractivity contribution in [3.8, 4) is 0 Å². The van der Waals surface area contributed by atoms with Gasteiger partial charge in [0, 0.05) is 6.04 Å². The normalized spacial score (nSPS) is 13.5. The SMILES string of the molecule is Cc1ccc(NC(=O)C(C)C(N)c2ccccc2)c(Cl)c1. The third-order valence-corrected chi connectivity index (χ3v) is 3.83. The summed E-state index contributed by atoms with van der Waals surface area (Å²) in [7, 11) is 0. The van der Waals surface area contributed by atoms with Crippen molar-refractivity contribution in [2.45, 2.75) is 19.9 Å². The molecule has 2 atom stereocenters. The Bertz CT molecular complexity index is 628. The molecule has 0 bridgehead atoms. The van der Waals surface area contributed by atoms with E-state index >= 15 is 0 Å². The Hall–Kier alpha value is -1.84. The first-order valence-corrected chi connectivity index (χ1v) is 7.24. The molecule has 21 heavy (non-hydrogen) atoms. The van der Waals surface area contributed by atoms with Crippen LogP contribution >= 0.6 is 11.6 Å². The lowest BCUT2D eigenvalue weighted by Gasteiger charge is -2.20. The number of benzene rings is 2. The first-order valence-electron chi connectivity index (χ1n) is 6.86. The van der Waals surface area contributed by atoms with Crippen molar-refractivity contribution in [3.63, 3.8) is 0 Å². The van der Waals surface area contributed by atoms with Gasteiger partial charge in [-0.25, -0.2) is 0 Å². The van der Waals surface area contributed by atoms with Gasteiger partial charge in [0.15, 0.2) is 0 Å². The van der Waals surface area contributed by atoms with Gasteiger partial charge >= 0.3 is 0 Å². The molecule has 0 heterocycles. The van der Waals surface area contributed by atoms with Gasteiger partial charge in [0.2, 0.25) is 5.91 Å². The number of carbonyl (C=O) groups is 1. The lowest BCUT2D eigenvalue weighted by molar-refractivity contribution is -0.120. The van der Waals surface area contributed by atoms with Crippen molar-refractivity contribution >= 4 is 23.2 Å². The molecule has 0 saturated heterocycles. The van der Waals surface area contributed by atoms with Crippen LogP contribution in [-0.2, 0) is 4.79 Å². The molecule has 0 aliphatic carbocycles. The Balaban J connectivity index is 2.09. The number of halogens is 1. The van der Waals surface area contributed by atoms with Gasteiger partial charge in [-0.05, 0) is 30.2 Å². The Morgan fingerprint density at radius 1 is 1.19 bits per heavy atom. The van der Waals surface area contributed by atoms with Crippen LogP contribution in [0.5, 0.6) is 0 Å². The second-order valence-electron chi connectivity index (χ2n) is 5.20. The zero-order valence-electron chi connectivity index (χ0n) is 12.1. The number of nitrogens with one attached hydrogen (secondary N) is 1. The van der Waals surface area contributed by atoms with Gasteiger partial charge in [-0.15, -0.1) is 0 Å². The molecule has 2 rings (SSSR count). The van der Waals surface area contributed by atoms with Gasteiger partial charge < -0.3 is 11.1 Å². The number of amides is 1. The van der Waals surface area contributed by atoms with Crippen LogP contribution in [0.1, 0.15) is 24.1 Å². The monoisotopic (exact) mass is 302 g/mol. The maximum atomic E-state index is 12.3. The number of anilines is 1. The van der Waals surface area contributed by atoms with Crippen LogP contribution in [0.2, 0.25) is 5.02 Å². The Kier molecular flexibility index (Phi) is 4.99. The summed E-state index contributed by atoms with van der Waals surface area (Å²) in [6.07, 6.45) is 0. The molecular weight excluding hydrogens is 284 g/mol. The third kappa shape index (κ3) is 3.84. The van der Waals surface area contributed by atoms with E-state index in [1.54, 1.807) is 6.07 Å². The van der Waals surface area contributed by atoms with E-state index in [9.17, 15) is 4.79 Å². The number of rotatable bonds is 4. The Morgan fingerprint density at radius 3 is 2.48 bits per heavy atom. The molecule has 0 radical (unpaired) electrons. The van der Waals surface area contributed by atoms with Crippen molar-refractivity contribution in [1.82, 2.24) is 0 Å². The standard InChI is InChI=1S/C17H19ClN2O/c1-11-8-9-15(14(18)10-11)20-17(21)12(2)16(19)13-6-4-3-5-7-13/h3-10,12,16H,19H2,1-2H3,(H,20,21). The smallest absolute Gasteiger partial charge is 0.229 e. The summed E-state index contributed by atoms with van der Waals surface area (Å²) in [6.45, 7) is 3.76. The molecule has 2 unspecified atom stereocenters. The number of aryl methyl sites for hydroxylation is 1. The highest BCUT2D eigenvalue weighted by Gasteiger charge is 2.22. The van der Waals surface area contributed by atoms with E-state index < -0.39 is 0 Å². The van der Waals surface area contributed by atoms with E-state index in [-0.39, 0.29) is 17.9 Å². The second-order valence-corrected chi connectivity index (χ2v) is 5.60. The number of carbonyl (C=O) groups excluding carboxylic acids is 1. The topological polar surface area (TPSA) is 55.1 Å². The van der Waals surface area contributed by atoms with Crippen LogP contribution in [0.15, 0.2) is 48.5 Å².